The quantitative estimate of drug-likeness (QED) is 0.205. The maximum Gasteiger partial charge on any atom is 4.00 e. The fourth-order valence-electron chi connectivity index (χ4n) is 0. The van der Waals surface area contributed by atoms with Gasteiger partial charge in [-0.1, -0.05) is 0 Å². The van der Waals surface area contributed by atoms with Gasteiger partial charge in [0.15, 0.2) is 0 Å². The molecule has 20 heavy (non-hydrogen) atoms. The molecule has 128 valence electrons. The van der Waals surface area contributed by atoms with E-state index in [1.54, 1.807) is 0 Å². The molecule has 0 heterocycles. The van der Waals surface area contributed by atoms with Gasteiger partial charge < -0.3 is 57.7 Å². The van der Waals surface area contributed by atoms with Crippen LogP contribution in [0, 0.1) is 0 Å². The van der Waals surface area contributed by atoms with Gasteiger partial charge in [-0.3, -0.25) is 0 Å². The van der Waals surface area contributed by atoms with Crippen LogP contribution in [0.25, 0.3) is 0 Å². The van der Waals surface area contributed by atoms with Gasteiger partial charge in [0, 0.05) is 0 Å². The van der Waals surface area contributed by atoms with Crippen molar-refractivity contribution in [1.29, 1.82) is 0 Å². The topological polar surface area (TPSA) is 371 Å². The van der Waals surface area contributed by atoms with Gasteiger partial charge >= 0.3 is 26.2 Å². The third-order valence-electron chi connectivity index (χ3n) is 0. The normalized spacial score (nSPS) is 7.20. The van der Waals surface area contributed by atoms with Crippen LogP contribution in [0.1, 0.15) is 0 Å². The van der Waals surface area contributed by atoms with E-state index in [2.05, 4.69) is 0 Å². The van der Waals surface area contributed by atoms with E-state index in [-0.39, 0.29) is 42.6 Å². The van der Waals surface area contributed by atoms with Crippen LogP contribution in [0.15, 0.2) is 0 Å². The Bertz CT molecular complexity index is 62.9. The summed E-state index contributed by atoms with van der Waals surface area (Å²) in [6.45, 7) is 0. The molecule has 0 atom stereocenters. The Morgan fingerprint density at radius 2 is 0.300 bits per heavy atom. The fourth-order valence-corrected chi connectivity index (χ4v) is 0. The smallest absolute Gasteiger partial charge is 0.427 e. The van der Waals surface area contributed by atoms with Crippen LogP contribution in [-0.4, -0.2) is 16.4 Å². The molecule has 15 nitrogen and oxygen atoms in total. The first-order valence-corrected chi connectivity index (χ1v) is 12.4. The minimum Gasteiger partial charge on any atom is -0.427 e. The van der Waals surface area contributed by atoms with Crippen LogP contribution in [-0.2, 0) is 26.2 Å². The van der Waals surface area contributed by atoms with E-state index in [0.717, 1.165) is 0 Å². The zero-order valence-corrected chi connectivity index (χ0v) is 19.5. The molecule has 0 aromatic carbocycles. The molecule has 0 aliphatic heterocycles. The minimum atomic E-state index is -4.01. The van der Waals surface area contributed by atoms with Gasteiger partial charge in [-0.05, 0) is 0 Å². The van der Waals surface area contributed by atoms with Crippen molar-refractivity contribution in [2.45, 2.75) is 0 Å². The molecule has 20 heteroatoms. The molecular formula is H6I4O15Zr. The number of rotatable bonds is 0. The molecular weight excluding hydrogens is 839 g/mol. The monoisotopic (exact) mass is 843 g/mol. The van der Waals surface area contributed by atoms with Crippen molar-refractivity contribution in [2.24, 2.45) is 0 Å². The van der Waals surface area contributed by atoms with E-state index >= 15 is 0 Å². The molecule has 0 fully saturated rings. The van der Waals surface area contributed by atoms with Crippen LogP contribution >= 0.6 is 0 Å². The maximum atomic E-state index is 8.57. The summed E-state index contributed by atoms with van der Waals surface area (Å²) in [5.74, 6) is 0. The summed E-state index contributed by atoms with van der Waals surface area (Å²) < 4.78 is 103. The fraction of sp³-hybridized carbons (Fsp3) is 0. The number of hydrogen-bond acceptors (Lipinski definition) is 12. The van der Waals surface area contributed by atoms with Gasteiger partial charge in [0.05, 0.1) is 0 Å². The summed E-state index contributed by atoms with van der Waals surface area (Å²) in [7, 11) is 0. The van der Waals surface area contributed by atoms with E-state index in [0.29, 0.717) is 0 Å². The van der Waals surface area contributed by atoms with Crippen molar-refractivity contribution in [3.63, 3.8) is 0 Å². The molecule has 0 aromatic heterocycles. The summed E-state index contributed by atoms with van der Waals surface area (Å²) in [6, 6.07) is 0. The van der Waals surface area contributed by atoms with Crippen LogP contribution in [0.2, 0.25) is 0 Å². The van der Waals surface area contributed by atoms with E-state index in [4.69, 9.17) is 41.2 Å². The Labute approximate surface area is 165 Å². The Morgan fingerprint density at radius 3 is 0.300 bits per heavy atom. The number of halogens is 4. The van der Waals surface area contributed by atoms with Gasteiger partial charge in [0.1, 0.15) is 0 Å². The Kier molecular flexibility index (Phi) is 107. The average Bonchev–Trinajstić information content (AvgIpc) is 1.76. The predicted octanol–water partition coefficient (Wildman–Crippen LogP) is -28.7. The molecule has 0 aromatic rings. The summed E-state index contributed by atoms with van der Waals surface area (Å²) >= 11 is -16.1. The molecule has 0 amide bonds. The Hall–Kier alpha value is 3.20. The minimum absolute atomic E-state index is 0. The summed E-state index contributed by atoms with van der Waals surface area (Å²) in [5.41, 5.74) is 0. The third-order valence-corrected chi connectivity index (χ3v) is 0. The molecule has 0 radical (unpaired) electrons. The van der Waals surface area contributed by atoms with E-state index in [1.807, 2.05) is 0 Å². The van der Waals surface area contributed by atoms with Gasteiger partial charge in [-0.2, -0.15) is 0 Å². The second-order valence-corrected chi connectivity index (χ2v) is 5.07. The first kappa shape index (κ1) is 49.5. The first-order valence-electron chi connectivity index (χ1n) is 1.85. The predicted molar refractivity (Wildman–Crippen MR) is 10.8 cm³/mol. The van der Waals surface area contributed by atoms with Crippen molar-refractivity contribution < 1.29 is 168 Å². The van der Waals surface area contributed by atoms with Gasteiger partial charge in [-0.15, -0.1) is 0 Å². The second kappa shape index (κ2) is 43.2. The van der Waals surface area contributed by atoms with E-state index in [9.17, 15) is 0 Å². The summed E-state index contributed by atoms with van der Waals surface area (Å²) in [6.07, 6.45) is 0. The SMILES string of the molecule is O.O.O.[O-][I+2]([O-])[O-].[O-][I+2]([O-])[O-].[O-][I+2]([O-])[O-].[O-][I+2]([O-])[O-].[Zr+4]. The van der Waals surface area contributed by atoms with E-state index < -0.39 is 84.3 Å². The van der Waals surface area contributed by atoms with Crippen LogP contribution in [0.3, 0.4) is 0 Å². The Balaban J connectivity index is -0.0000000150. The third kappa shape index (κ3) is 844. The maximum absolute atomic E-state index is 8.57. The molecule has 0 aliphatic rings. The van der Waals surface area contributed by atoms with Crippen LogP contribution < -0.4 is 125 Å². The standard InChI is InChI=1S/4IO3.3H2O.Zr/c4*2-1(3)4;;;;/h;;;;3*1H2;/q4*-1;;;;+4. The van der Waals surface area contributed by atoms with Crippen molar-refractivity contribution >= 4 is 0 Å². The summed E-state index contributed by atoms with van der Waals surface area (Å²) in [5, 5.41) is 0. The van der Waals surface area contributed by atoms with Crippen LogP contribution in [0.4, 0.5) is 0 Å². The van der Waals surface area contributed by atoms with Crippen LogP contribution in [0.5, 0.6) is 0 Å². The van der Waals surface area contributed by atoms with Crippen molar-refractivity contribution in [1.82, 2.24) is 0 Å². The van der Waals surface area contributed by atoms with E-state index in [1.165, 1.54) is 0 Å². The van der Waals surface area contributed by atoms with Gasteiger partial charge in [0.25, 0.3) is 84.3 Å². The molecule has 0 spiro atoms. The molecule has 0 saturated heterocycles. The molecule has 0 saturated carbocycles. The van der Waals surface area contributed by atoms with Gasteiger partial charge in [-0.25, -0.2) is 0 Å². The zero-order valence-electron chi connectivity index (χ0n) is 8.41. The van der Waals surface area contributed by atoms with Crippen molar-refractivity contribution in [3.05, 3.63) is 0 Å². The molecule has 0 unspecified atom stereocenters. The van der Waals surface area contributed by atoms with Crippen molar-refractivity contribution in [2.75, 3.05) is 0 Å². The molecule has 0 aliphatic carbocycles. The Morgan fingerprint density at radius 1 is 0.300 bits per heavy atom. The van der Waals surface area contributed by atoms with Gasteiger partial charge in [0.2, 0.25) is 0 Å². The molecule has 0 bridgehead atoms. The van der Waals surface area contributed by atoms with Crippen molar-refractivity contribution in [3.8, 4) is 0 Å². The number of hydrogen-bond donors (Lipinski definition) is 0. The average molecular weight is 845 g/mol. The first-order chi connectivity index (χ1) is 6.93. The molecule has 0 rings (SSSR count). The zero-order chi connectivity index (χ0) is 14.3. The second-order valence-electron chi connectivity index (χ2n) is 0.756. The largest absolute Gasteiger partial charge is 4.00 e. The summed E-state index contributed by atoms with van der Waals surface area (Å²) in [4.78, 5) is 0. The molecule has 6 N–H and O–H groups in total.